The summed E-state index contributed by atoms with van der Waals surface area (Å²) in [5.74, 6) is -0.264. The number of hydrogen-bond acceptors (Lipinski definition) is 12. The minimum absolute atomic E-state index is 0.211. The molecule has 1 aliphatic heterocycles. The summed E-state index contributed by atoms with van der Waals surface area (Å²) < 4.78 is 55.8. The highest BCUT2D eigenvalue weighted by atomic mass is 31.3. The van der Waals surface area contributed by atoms with Crippen molar-refractivity contribution < 1.29 is 55.9 Å². The van der Waals surface area contributed by atoms with Crippen molar-refractivity contribution in [3.8, 4) is 0 Å². The molecule has 20 heteroatoms. The van der Waals surface area contributed by atoms with Crippen LogP contribution in [0.25, 0.3) is 0 Å². The van der Waals surface area contributed by atoms with Gasteiger partial charge in [-0.05, 0) is 0 Å². The van der Waals surface area contributed by atoms with Gasteiger partial charge >= 0.3 is 29.2 Å². The van der Waals surface area contributed by atoms with Gasteiger partial charge in [-0.2, -0.15) is 13.6 Å². The van der Waals surface area contributed by atoms with E-state index in [9.17, 15) is 23.4 Å². The summed E-state index contributed by atoms with van der Waals surface area (Å²) >= 11 is 0. The fourth-order valence-electron chi connectivity index (χ4n) is 1.69. The summed E-state index contributed by atoms with van der Waals surface area (Å²) in [6.45, 7) is -1.04. The molecule has 0 amide bonds. The van der Waals surface area contributed by atoms with E-state index in [0.29, 0.717) is 0 Å². The third-order valence-corrected chi connectivity index (χ3v) is 6.38. The van der Waals surface area contributed by atoms with Crippen LogP contribution < -0.4 is 11.4 Å². The largest absolute Gasteiger partial charge is 0.490 e. The van der Waals surface area contributed by atoms with Crippen LogP contribution in [0.15, 0.2) is 11.1 Å². The van der Waals surface area contributed by atoms with Crippen molar-refractivity contribution in [1.82, 2.24) is 14.5 Å². The monoisotopic (exact) mass is 454 g/mol. The van der Waals surface area contributed by atoms with E-state index in [1.165, 1.54) is 0 Å². The first-order valence-electron chi connectivity index (χ1n) is 6.52. The average Bonchev–Trinajstić information content (AvgIpc) is 2.90. The van der Waals surface area contributed by atoms with Crippen molar-refractivity contribution >= 4 is 29.4 Å². The van der Waals surface area contributed by atoms with Crippen LogP contribution in [0.1, 0.15) is 6.23 Å². The Bertz CT molecular complexity index is 883. The number of aromatic nitrogens is 3. The van der Waals surface area contributed by atoms with Gasteiger partial charge in [-0.15, -0.1) is 0 Å². The number of phosphoric acid groups is 3. The maximum absolute atomic E-state index is 11.6. The molecule has 4 atom stereocenters. The molecule has 0 radical (unpaired) electrons. The third kappa shape index (κ3) is 7.12. The number of phosphoric ester groups is 1. The Morgan fingerprint density at radius 3 is 2.48 bits per heavy atom. The van der Waals surface area contributed by atoms with Gasteiger partial charge in [0, 0.05) is 0 Å². The lowest BCUT2D eigenvalue weighted by Crippen LogP contribution is -2.29. The Labute approximate surface area is 149 Å². The molecular formula is C7H13N4O13P3. The lowest BCUT2D eigenvalue weighted by atomic mass is 10.6. The van der Waals surface area contributed by atoms with Gasteiger partial charge in [0.2, 0.25) is 5.95 Å². The van der Waals surface area contributed by atoms with E-state index in [2.05, 4.69) is 23.1 Å². The molecule has 1 fully saturated rings. The Hall–Kier alpha value is -1.06. The fraction of sp³-hybridized carbons (Fsp3) is 0.571. The van der Waals surface area contributed by atoms with Crippen LogP contribution in [0.3, 0.4) is 0 Å². The van der Waals surface area contributed by atoms with Crippen LogP contribution >= 0.6 is 23.5 Å². The van der Waals surface area contributed by atoms with Gasteiger partial charge in [0.1, 0.15) is 12.9 Å². The number of nitrogens with two attached hydrogens (primary N) is 1. The second-order valence-corrected chi connectivity index (χ2v) is 9.06. The molecule has 1 aliphatic rings. The molecule has 0 aromatic carbocycles. The number of nitrogen functional groups attached to an aromatic ring is 1. The molecule has 0 saturated carbocycles. The molecule has 0 bridgehead atoms. The smallest absolute Gasteiger partial charge is 0.368 e. The number of ether oxygens (including phenoxy) is 2. The van der Waals surface area contributed by atoms with E-state index in [0.717, 1.165) is 10.9 Å². The molecule has 27 heavy (non-hydrogen) atoms. The Morgan fingerprint density at radius 1 is 1.22 bits per heavy atom. The molecule has 0 aliphatic carbocycles. The molecule has 1 aromatic rings. The van der Waals surface area contributed by atoms with E-state index >= 15 is 0 Å². The van der Waals surface area contributed by atoms with Crippen molar-refractivity contribution in [3.63, 3.8) is 0 Å². The molecular weight excluding hydrogens is 441 g/mol. The van der Waals surface area contributed by atoms with Crippen LogP contribution in [0.4, 0.5) is 5.95 Å². The van der Waals surface area contributed by atoms with Crippen LogP contribution in [-0.4, -0.2) is 53.6 Å². The predicted octanol–water partition coefficient (Wildman–Crippen LogP) is -1.56. The van der Waals surface area contributed by atoms with Crippen molar-refractivity contribution in [1.29, 1.82) is 0 Å². The lowest BCUT2D eigenvalue weighted by Gasteiger charge is -2.17. The molecule has 1 aromatic heterocycles. The first-order valence-corrected chi connectivity index (χ1v) is 11.0. The molecule has 2 rings (SSSR count). The van der Waals surface area contributed by atoms with Gasteiger partial charge in [0.25, 0.3) is 0 Å². The average molecular weight is 454 g/mol. The quantitative estimate of drug-likeness (QED) is 0.278. The molecule has 4 unspecified atom stereocenters. The van der Waals surface area contributed by atoms with Crippen molar-refractivity contribution in [2.75, 3.05) is 18.9 Å². The zero-order chi connectivity index (χ0) is 20.5. The summed E-state index contributed by atoms with van der Waals surface area (Å²) in [5.41, 5.74) is 4.43. The zero-order valence-electron chi connectivity index (χ0n) is 12.9. The van der Waals surface area contributed by atoms with Crippen molar-refractivity contribution in [2.45, 2.75) is 12.5 Å². The van der Waals surface area contributed by atoms with Gasteiger partial charge < -0.3 is 34.8 Å². The van der Waals surface area contributed by atoms with E-state index in [1.807, 2.05) is 0 Å². The Kier molecular flexibility index (Phi) is 6.69. The van der Waals surface area contributed by atoms with Gasteiger partial charge in [-0.3, -0.25) is 9.09 Å². The number of nitrogens with zero attached hydrogens (tertiary/aromatic N) is 3. The lowest BCUT2D eigenvalue weighted by molar-refractivity contribution is -0.0975. The van der Waals surface area contributed by atoms with E-state index in [-0.39, 0.29) is 12.6 Å². The summed E-state index contributed by atoms with van der Waals surface area (Å²) in [5, 5.41) is 0. The second-order valence-electron chi connectivity index (χ2n) is 4.64. The number of hydrogen-bond donors (Lipinski definition) is 5. The summed E-state index contributed by atoms with van der Waals surface area (Å²) in [4.78, 5) is 53.7. The normalized spacial score (nSPS) is 25.0. The second kappa shape index (κ2) is 8.13. The first-order chi connectivity index (χ1) is 12.3. The number of rotatable bonds is 8. The highest BCUT2D eigenvalue weighted by molar-refractivity contribution is 7.66. The summed E-state index contributed by atoms with van der Waals surface area (Å²) in [7, 11) is -16.4. The highest BCUT2D eigenvalue weighted by Gasteiger charge is 2.41. The van der Waals surface area contributed by atoms with Crippen LogP contribution in [0, 0.1) is 0 Å². The van der Waals surface area contributed by atoms with Gasteiger partial charge in [0.05, 0.1) is 6.61 Å². The summed E-state index contributed by atoms with van der Waals surface area (Å²) in [6, 6.07) is 0. The summed E-state index contributed by atoms with van der Waals surface area (Å²) in [6.07, 6.45) is -1.31. The van der Waals surface area contributed by atoms with Crippen molar-refractivity contribution in [3.05, 3.63) is 16.8 Å². The minimum atomic E-state index is -5.62. The van der Waals surface area contributed by atoms with Crippen LogP contribution in [0.5, 0.6) is 0 Å². The van der Waals surface area contributed by atoms with Gasteiger partial charge in [-0.1, -0.05) is 0 Å². The number of anilines is 1. The maximum atomic E-state index is 11.6. The molecule has 0 spiro atoms. The Balaban J connectivity index is 1.91. The maximum Gasteiger partial charge on any atom is 0.490 e. The van der Waals surface area contributed by atoms with Crippen LogP contribution in [0.2, 0.25) is 0 Å². The molecule has 1 saturated heterocycles. The zero-order valence-corrected chi connectivity index (χ0v) is 15.6. The van der Waals surface area contributed by atoms with Gasteiger partial charge in [0.15, 0.2) is 12.5 Å². The molecule has 17 nitrogen and oxygen atoms in total. The highest BCUT2D eigenvalue weighted by Crippen LogP contribution is 2.66. The van der Waals surface area contributed by atoms with Crippen molar-refractivity contribution in [2.24, 2.45) is 0 Å². The van der Waals surface area contributed by atoms with E-state index in [1.54, 1.807) is 0 Å². The minimum Gasteiger partial charge on any atom is -0.368 e. The first kappa shape index (κ1) is 22.2. The topological polar surface area (TPSA) is 252 Å². The standard InChI is InChI=1S/C7H13N4O13P3/c8-6-9-3-11(7(12)10-6)4-1-20-5(22-4)2-21-26(16,17)24-27(18,19)23-25(13,14)15/h3-5H,1-2H2,(H,16,17)(H,18,19)(H2,8,10,12)(H2,13,14,15). The molecule has 2 heterocycles. The predicted molar refractivity (Wildman–Crippen MR) is 80.4 cm³/mol. The third-order valence-electron chi connectivity index (χ3n) is 2.58. The molecule has 154 valence electrons. The van der Waals surface area contributed by atoms with E-state index < -0.39 is 48.3 Å². The fourth-order valence-corrected chi connectivity index (χ4v) is 4.69. The van der Waals surface area contributed by atoms with Crippen LogP contribution in [-0.2, 0) is 36.3 Å². The SMILES string of the molecule is Nc1ncn(C2COC(COP(=O)(O)OP(=O)(O)OP(=O)(O)O)O2)c(=O)n1. The van der Waals surface area contributed by atoms with Gasteiger partial charge in [-0.25, -0.2) is 23.5 Å². The van der Waals surface area contributed by atoms with E-state index in [4.69, 9.17) is 29.9 Å². The molecule has 6 N–H and O–H groups in total. The Morgan fingerprint density at radius 2 is 1.89 bits per heavy atom.